The van der Waals surface area contributed by atoms with Gasteiger partial charge in [-0.3, -0.25) is 0 Å². The lowest BCUT2D eigenvalue weighted by Crippen LogP contribution is -2.24. The van der Waals surface area contributed by atoms with Crippen LogP contribution in [-0.4, -0.2) is 7.05 Å². The van der Waals surface area contributed by atoms with Crippen molar-refractivity contribution in [3.8, 4) is 11.1 Å². The van der Waals surface area contributed by atoms with Gasteiger partial charge in [0.25, 0.3) is 0 Å². The average Bonchev–Trinajstić information content (AvgIpc) is 4.16. The Hall–Kier alpha value is -6.64. The van der Waals surface area contributed by atoms with E-state index in [9.17, 15) is 0 Å². The highest BCUT2D eigenvalue weighted by Gasteiger charge is 2.43. The van der Waals surface area contributed by atoms with Gasteiger partial charge in [0, 0.05) is 40.8 Å². The normalized spacial score (nSPS) is 17.1. The van der Waals surface area contributed by atoms with Crippen molar-refractivity contribution in [2.75, 3.05) is 17.3 Å². The zero-order chi connectivity index (χ0) is 42.2. The van der Waals surface area contributed by atoms with Crippen LogP contribution in [0.25, 0.3) is 22.3 Å². The molecule has 5 aliphatic carbocycles. The molecule has 0 aromatic heterocycles. The maximum atomic E-state index is 3.68. The summed E-state index contributed by atoms with van der Waals surface area (Å²) >= 11 is 0. The van der Waals surface area contributed by atoms with Gasteiger partial charge >= 0.3 is 0 Å². The summed E-state index contributed by atoms with van der Waals surface area (Å²) in [6.07, 6.45) is 21.3. The zero-order valence-electron chi connectivity index (χ0n) is 36.5. The highest BCUT2D eigenvalue weighted by Crippen LogP contribution is 2.56. The van der Waals surface area contributed by atoms with E-state index in [0.29, 0.717) is 0 Å². The predicted octanol–water partition coefficient (Wildman–Crippen LogP) is 15.8. The topological polar surface area (TPSA) is 15.3 Å². The predicted molar refractivity (Wildman–Crippen MR) is 263 cm³/mol. The summed E-state index contributed by atoms with van der Waals surface area (Å²) in [5, 5.41) is 3.68. The zero-order valence-corrected chi connectivity index (χ0v) is 36.5. The van der Waals surface area contributed by atoms with Crippen molar-refractivity contribution in [1.29, 1.82) is 0 Å². The molecule has 0 fully saturated rings. The minimum Gasteiger partial charge on any atom is -0.355 e. The maximum absolute atomic E-state index is 3.68. The molecule has 0 saturated carbocycles. The van der Waals surface area contributed by atoms with E-state index in [1.54, 1.807) is 11.1 Å². The second-order valence-electron chi connectivity index (χ2n) is 16.2. The third-order valence-electron chi connectivity index (χ3n) is 12.6. The molecule has 0 spiro atoms. The van der Waals surface area contributed by atoms with Crippen LogP contribution in [0.15, 0.2) is 211 Å². The number of allylic oxidation sites excluding steroid dienone is 11. The van der Waals surface area contributed by atoms with Gasteiger partial charge in [0.15, 0.2) is 0 Å². The smallest absolute Gasteiger partial charge is 0.0467 e. The number of likely N-dealkylation sites (N-methyl/N-ethyl adjacent to an activating group) is 1. The van der Waals surface area contributed by atoms with Gasteiger partial charge in [-0.25, -0.2) is 0 Å². The number of hydrogen-bond acceptors (Lipinski definition) is 2. The molecule has 0 saturated heterocycles. The van der Waals surface area contributed by atoms with Crippen LogP contribution in [0.4, 0.5) is 17.1 Å². The van der Waals surface area contributed by atoms with Crippen LogP contribution < -0.4 is 10.2 Å². The van der Waals surface area contributed by atoms with Crippen molar-refractivity contribution in [3.63, 3.8) is 0 Å². The highest BCUT2D eigenvalue weighted by atomic mass is 15.1. The van der Waals surface area contributed by atoms with Gasteiger partial charge in [0.1, 0.15) is 0 Å². The molecule has 5 aliphatic rings. The molecular formula is C59H58N2. The van der Waals surface area contributed by atoms with Gasteiger partial charge in [-0.1, -0.05) is 177 Å². The summed E-state index contributed by atoms with van der Waals surface area (Å²) in [4.78, 5) is 2.20. The van der Waals surface area contributed by atoms with Crippen molar-refractivity contribution in [2.45, 2.75) is 65.2 Å². The third kappa shape index (κ3) is 8.41. The van der Waals surface area contributed by atoms with Gasteiger partial charge in [-0.2, -0.15) is 0 Å². The minimum absolute atomic E-state index is 0.222. The van der Waals surface area contributed by atoms with Gasteiger partial charge in [-0.05, 0) is 138 Å². The van der Waals surface area contributed by atoms with Crippen LogP contribution in [0.3, 0.4) is 0 Å². The second kappa shape index (κ2) is 18.7. The first-order valence-electron chi connectivity index (χ1n) is 22.1. The Labute approximate surface area is 364 Å². The van der Waals surface area contributed by atoms with Crippen LogP contribution in [-0.2, 0) is 11.8 Å². The number of nitrogens with one attached hydrogen (secondary N) is 1. The fourth-order valence-electron chi connectivity index (χ4n) is 9.53. The second-order valence-corrected chi connectivity index (χ2v) is 16.2. The van der Waals surface area contributed by atoms with E-state index in [-0.39, 0.29) is 5.41 Å². The van der Waals surface area contributed by atoms with E-state index in [4.69, 9.17) is 0 Å². The lowest BCUT2D eigenvalue weighted by atomic mass is 9.71. The average molecular weight is 795 g/mol. The van der Waals surface area contributed by atoms with Crippen molar-refractivity contribution >= 4 is 28.2 Å². The Kier molecular flexibility index (Phi) is 12.6. The summed E-state index contributed by atoms with van der Waals surface area (Å²) in [7, 11) is 2.09. The number of fused-ring (bicyclic) bond motifs is 5. The monoisotopic (exact) mass is 794 g/mol. The van der Waals surface area contributed by atoms with Crippen LogP contribution >= 0.6 is 0 Å². The summed E-state index contributed by atoms with van der Waals surface area (Å²) in [6.45, 7) is 8.64. The number of hydrogen-bond donors (Lipinski definition) is 1. The van der Waals surface area contributed by atoms with Crippen molar-refractivity contribution in [2.24, 2.45) is 0 Å². The number of anilines is 3. The molecule has 2 heteroatoms. The van der Waals surface area contributed by atoms with Crippen molar-refractivity contribution < 1.29 is 0 Å². The van der Waals surface area contributed by atoms with E-state index in [2.05, 4.69) is 219 Å². The Bertz CT molecular complexity index is 2690. The summed E-state index contributed by atoms with van der Waals surface area (Å²) in [6, 6.07) is 54.2. The Morgan fingerprint density at radius 1 is 0.623 bits per heavy atom. The summed E-state index contributed by atoms with van der Waals surface area (Å²) in [5.74, 6) is 0. The van der Waals surface area contributed by atoms with Gasteiger partial charge < -0.3 is 10.2 Å². The minimum atomic E-state index is -0.222. The molecule has 0 heterocycles. The van der Waals surface area contributed by atoms with Crippen molar-refractivity contribution in [3.05, 3.63) is 244 Å². The Balaban J connectivity index is 0.000000145. The fraction of sp³-hybridized carbons (Fsp3) is 0.186. The lowest BCUT2D eigenvalue weighted by Gasteiger charge is -2.31. The van der Waals surface area contributed by atoms with E-state index in [1.807, 2.05) is 19.9 Å². The van der Waals surface area contributed by atoms with Crippen LogP contribution in [0, 0.1) is 0 Å². The molecule has 1 N–H and O–H groups in total. The fourth-order valence-corrected chi connectivity index (χ4v) is 9.53. The number of benzene rings is 6. The molecule has 0 bridgehead atoms. The molecule has 0 aliphatic heterocycles. The molecule has 61 heavy (non-hydrogen) atoms. The Morgan fingerprint density at radius 3 is 1.97 bits per heavy atom. The standard InChI is InChI=1S/C31H25N.C14H14.C12H13N.C2H6/c1-31(26-18-9-7-16-24(26)22-12-5-6-13-22)27-19-10-8-17-25(27)30-28(31)20-11-21-29(30)32-23-14-3-2-4-15-23;1-10-6-7-14-12(8-10)9-11-4-2-3-5-13(11)14;1-13(12-9-5-6-10-12)11-7-3-2-4-8-11;1-2/h2-12,14-21,32H,13H2,1H3;2-5,8H,6-7,9H2,1H3;2-5,7-10H,6H2,1H3;1-2H3. The van der Waals surface area contributed by atoms with Crippen LogP contribution in [0.1, 0.15) is 86.8 Å². The molecule has 1 unspecified atom stereocenters. The number of nitrogens with zero attached hydrogens (tertiary/aromatic N) is 1. The first-order valence-corrected chi connectivity index (χ1v) is 22.1. The molecule has 6 aromatic rings. The molecular weight excluding hydrogens is 737 g/mol. The third-order valence-corrected chi connectivity index (χ3v) is 12.6. The van der Waals surface area contributed by atoms with Gasteiger partial charge in [0.05, 0.1) is 0 Å². The summed E-state index contributed by atoms with van der Waals surface area (Å²) in [5.41, 5.74) is 21.8. The highest BCUT2D eigenvalue weighted by molar-refractivity contribution is 5.93. The molecule has 304 valence electrons. The first kappa shape index (κ1) is 41.1. The quantitative estimate of drug-likeness (QED) is 0.181. The number of rotatable bonds is 6. The molecule has 2 nitrogen and oxygen atoms in total. The van der Waals surface area contributed by atoms with E-state index in [1.165, 1.54) is 79.9 Å². The molecule has 1 atom stereocenters. The lowest BCUT2D eigenvalue weighted by molar-refractivity contribution is 0.711. The molecule has 6 aromatic carbocycles. The largest absolute Gasteiger partial charge is 0.355 e. The molecule has 11 rings (SSSR count). The van der Waals surface area contributed by atoms with Gasteiger partial charge in [-0.15, -0.1) is 0 Å². The van der Waals surface area contributed by atoms with E-state index in [0.717, 1.165) is 30.6 Å². The SMILES string of the molecule is CC.CC1(c2ccccc2C2=CC=CC2)c2ccccc2-c2c(Nc3ccccc3)cccc21.CC1=CC2=C(CC1)c1ccccc1C2.CN(C1=CCC=C1)c1ccccc1. The number of para-hydroxylation sites is 2. The summed E-state index contributed by atoms with van der Waals surface area (Å²) < 4.78 is 0. The molecule has 0 radical (unpaired) electrons. The van der Waals surface area contributed by atoms with E-state index >= 15 is 0 Å². The molecule has 0 amide bonds. The Morgan fingerprint density at radius 2 is 1.26 bits per heavy atom. The van der Waals surface area contributed by atoms with Crippen molar-refractivity contribution in [1.82, 2.24) is 0 Å². The van der Waals surface area contributed by atoms with E-state index < -0.39 is 0 Å². The van der Waals surface area contributed by atoms with Gasteiger partial charge in [0.2, 0.25) is 0 Å². The maximum Gasteiger partial charge on any atom is 0.0467 e. The van der Waals surface area contributed by atoms with Crippen LogP contribution in [0.5, 0.6) is 0 Å². The first-order chi connectivity index (χ1) is 30.0. The van der Waals surface area contributed by atoms with Crippen LogP contribution in [0.2, 0.25) is 0 Å².